The SMILES string of the molecule is O=C1C[C@@H](N2CCN(Cc3ccc(Cl)s3)CC2)C(=O)N1c1ccc(Cl)cc1. The average molecular weight is 424 g/mol. The number of anilines is 1. The first-order valence-corrected chi connectivity index (χ1v) is 10.4. The van der Waals surface area contributed by atoms with Gasteiger partial charge >= 0.3 is 0 Å². The van der Waals surface area contributed by atoms with Crippen molar-refractivity contribution in [1.82, 2.24) is 9.80 Å². The van der Waals surface area contributed by atoms with E-state index in [-0.39, 0.29) is 24.3 Å². The van der Waals surface area contributed by atoms with Crippen molar-refractivity contribution in [3.63, 3.8) is 0 Å². The number of carbonyl (C=O) groups is 2. The van der Waals surface area contributed by atoms with E-state index in [9.17, 15) is 9.59 Å². The topological polar surface area (TPSA) is 43.9 Å². The van der Waals surface area contributed by atoms with Gasteiger partial charge in [0.05, 0.1) is 22.5 Å². The van der Waals surface area contributed by atoms with Gasteiger partial charge in [0.1, 0.15) is 0 Å². The second kappa shape index (κ2) is 7.89. The van der Waals surface area contributed by atoms with E-state index in [4.69, 9.17) is 23.2 Å². The molecule has 0 bridgehead atoms. The number of rotatable bonds is 4. The van der Waals surface area contributed by atoms with Gasteiger partial charge < -0.3 is 0 Å². The highest BCUT2D eigenvalue weighted by molar-refractivity contribution is 7.16. The van der Waals surface area contributed by atoms with E-state index < -0.39 is 0 Å². The van der Waals surface area contributed by atoms with Crippen LogP contribution in [0.4, 0.5) is 5.69 Å². The molecule has 0 saturated carbocycles. The Bertz CT molecular complexity index is 847. The standard InChI is InChI=1S/C19H19Cl2N3O2S/c20-13-1-3-14(4-2-13)24-18(25)11-16(19(24)26)23-9-7-22(8-10-23)12-15-5-6-17(21)27-15/h1-6,16H,7-12H2/t16-/m1/s1. The van der Waals surface area contributed by atoms with Crippen molar-refractivity contribution < 1.29 is 9.59 Å². The van der Waals surface area contributed by atoms with Gasteiger partial charge in [-0.2, -0.15) is 0 Å². The number of amides is 2. The number of hydrogen-bond acceptors (Lipinski definition) is 5. The Morgan fingerprint density at radius 2 is 1.67 bits per heavy atom. The molecule has 2 aliphatic heterocycles. The maximum absolute atomic E-state index is 12.9. The smallest absolute Gasteiger partial charge is 0.251 e. The van der Waals surface area contributed by atoms with Gasteiger partial charge in [0.15, 0.2) is 0 Å². The number of nitrogens with zero attached hydrogens (tertiary/aromatic N) is 3. The summed E-state index contributed by atoms with van der Waals surface area (Å²) in [6.07, 6.45) is 0.238. The van der Waals surface area contributed by atoms with Crippen LogP contribution in [0.15, 0.2) is 36.4 Å². The molecule has 2 fully saturated rings. The zero-order valence-corrected chi connectivity index (χ0v) is 16.9. The molecule has 142 valence electrons. The molecule has 27 heavy (non-hydrogen) atoms. The summed E-state index contributed by atoms with van der Waals surface area (Å²) < 4.78 is 0.806. The van der Waals surface area contributed by atoms with Crippen molar-refractivity contribution in [3.8, 4) is 0 Å². The molecule has 0 aliphatic carbocycles. The predicted molar refractivity (Wildman–Crippen MR) is 109 cm³/mol. The summed E-state index contributed by atoms with van der Waals surface area (Å²) in [5.41, 5.74) is 0.588. The number of benzene rings is 1. The van der Waals surface area contributed by atoms with Crippen LogP contribution in [0.2, 0.25) is 9.36 Å². The summed E-state index contributed by atoms with van der Waals surface area (Å²) in [6, 6.07) is 10.4. The first kappa shape index (κ1) is 18.9. The van der Waals surface area contributed by atoms with Crippen LogP contribution in [0.3, 0.4) is 0 Å². The number of thiophene rings is 1. The highest BCUT2D eigenvalue weighted by atomic mass is 35.5. The highest BCUT2D eigenvalue weighted by Crippen LogP contribution is 2.28. The number of hydrogen-bond donors (Lipinski definition) is 0. The van der Waals surface area contributed by atoms with Gasteiger partial charge in [0, 0.05) is 42.6 Å². The van der Waals surface area contributed by atoms with E-state index >= 15 is 0 Å². The molecule has 0 unspecified atom stereocenters. The Morgan fingerprint density at radius 1 is 0.963 bits per heavy atom. The maximum Gasteiger partial charge on any atom is 0.251 e. The summed E-state index contributed by atoms with van der Waals surface area (Å²) in [4.78, 5) is 32.4. The summed E-state index contributed by atoms with van der Waals surface area (Å²) in [5, 5.41) is 0.581. The minimum atomic E-state index is -0.369. The van der Waals surface area contributed by atoms with Crippen LogP contribution in [-0.4, -0.2) is 53.8 Å². The molecule has 5 nitrogen and oxygen atoms in total. The molecular weight excluding hydrogens is 405 g/mol. The number of piperazine rings is 1. The summed E-state index contributed by atoms with van der Waals surface area (Å²) in [7, 11) is 0. The zero-order chi connectivity index (χ0) is 19.0. The van der Waals surface area contributed by atoms with Crippen LogP contribution in [0, 0.1) is 0 Å². The van der Waals surface area contributed by atoms with Crippen molar-refractivity contribution in [1.29, 1.82) is 0 Å². The quantitative estimate of drug-likeness (QED) is 0.705. The molecule has 0 spiro atoms. The number of imide groups is 1. The van der Waals surface area contributed by atoms with E-state index in [1.807, 2.05) is 6.07 Å². The van der Waals surface area contributed by atoms with Crippen LogP contribution in [-0.2, 0) is 16.1 Å². The van der Waals surface area contributed by atoms with Crippen LogP contribution in [0.5, 0.6) is 0 Å². The normalized spacial score (nSPS) is 22.0. The van der Waals surface area contributed by atoms with Gasteiger partial charge in [0.25, 0.3) is 5.91 Å². The van der Waals surface area contributed by atoms with Gasteiger partial charge in [0.2, 0.25) is 5.91 Å². The molecule has 2 amide bonds. The van der Waals surface area contributed by atoms with E-state index in [1.165, 1.54) is 9.78 Å². The van der Waals surface area contributed by atoms with Gasteiger partial charge in [-0.1, -0.05) is 23.2 Å². The van der Waals surface area contributed by atoms with Crippen molar-refractivity contribution in [2.75, 3.05) is 31.1 Å². The fourth-order valence-electron chi connectivity index (χ4n) is 3.65. The molecule has 4 rings (SSSR count). The third kappa shape index (κ3) is 4.05. The number of halogens is 2. The first-order valence-electron chi connectivity index (χ1n) is 8.84. The first-order chi connectivity index (χ1) is 13.0. The lowest BCUT2D eigenvalue weighted by Gasteiger charge is -2.36. The summed E-state index contributed by atoms with van der Waals surface area (Å²) in [6.45, 7) is 4.16. The fraction of sp³-hybridized carbons (Fsp3) is 0.368. The second-order valence-electron chi connectivity index (χ2n) is 6.78. The largest absolute Gasteiger partial charge is 0.296 e. The van der Waals surface area contributed by atoms with Crippen molar-refractivity contribution >= 4 is 52.0 Å². The second-order valence-corrected chi connectivity index (χ2v) is 9.02. The van der Waals surface area contributed by atoms with E-state index in [0.717, 1.165) is 37.1 Å². The Morgan fingerprint density at radius 3 is 2.30 bits per heavy atom. The van der Waals surface area contributed by atoms with Crippen LogP contribution < -0.4 is 4.90 Å². The third-order valence-corrected chi connectivity index (χ3v) is 6.53. The minimum Gasteiger partial charge on any atom is -0.296 e. The monoisotopic (exact) mass is 423 g/mol. The molecular formula is C19H19Cl2N3O2S. The van der Waals surface area contributed by atoms with E-state index in [0.29, 0.717) is 10.7 Å². The van der Waals surface area contributed by atoms with Gasteiger partial charge in [-0.05, 0) is 36.4 Å². The third-order valence-electron chi connectivity index (χ3n) is 5.06. The molecule has 1 aromatic heterocycles. The number of carbonyl (C=O) groups excluding carboxylic acids is 2. The van der Waals surface area contributed by atoms with E-state index in [1.54, 1.807) is 35.6 Å². The summed E-state index contributed by atoms with van der Waals surface area (Å²) in [5.74, 6) is -0.288. The van der Waals surface area contributed by atoms with Crippen LogP contribution in [0.25, 0.3) is 0 Å². The maximum atomic E-state index is 12.9. The lowest BCUT2D eigenvalue weighted by atomic mass is 10.1. The Kier molecular flexibility index (Phi) is 5.53. The molecule has 2 saturated heterocycles. The van der Waals surface area contributed by atoms with Crippen molar-refractivity contribution in [2.24, 2.45) is 0 Å². The molecule has 2 aliphatic rings. The Labute approximate surface area is 172 Å². The van der Waals surface area contributed by atoms with Crippen molar-refractivity contribution in [2.45, 2.75) is 19.0 Å². The lowest BCUT2D eigenvalue weighted by Crippen LogP contribution is -2.52. The zero-order valence-electron chi connectivity index (χ0n) is 14.6. The summed E-state index contributed by atoms with van der Waals surface area (Å²) >= 11 is 13.5. The van der Waals surface area contributed by atoms with E-state index in [2.05, 4.69) is 15.9 Å². The van der Waals surface area contributed by atoms with Crippen LogP contribution in [0.1, 0.15) is 11.3 Å². The molecule has 8 heteroatoms. The molecule has 3 heterocycles. The molecule has 1 aromatic carbocycles. The lowest BCUT2D eigenvalue weighted by molar-refractivity contribution is -0.123. The van der Waals surface area contributed by atoms with Gasteiger partial charge in [-0.3, -0.25) is 19.4 Å². The van der Waals surface area contributed by atoms with Gasteiger partial charge in [-0.15, -0.1) is 11.3 Å². The fourth-order valence-corrected chi connectivity index (χ4v) is 4.91. The molecule has 0 radical (unpaired) electrons. The highest BCUT2D eigenvalue weighted by Gasteiger charge is 2.43. The van der Waals surface area contributed by atoms with Gasteiger partial charge in [-0.25, -0.2) is 4.90 Å². The Balaban J connectivity index is 1.38. The van der Waals surface area contributed by atoms with Crippen LogP contribution >= 0.6 is 34.5 Å². The predicted octanol–water partition coefficient (Wildman–Crippen LogP) is 3.50. The molecule has 1 atom stereocenters. The minimum absolute atomic E-state index is 0.138. The molecule has 0 N–H and O–H groups in total. The van der Waals surface area contributed by atoms with Crippen molar-refractivity contribution in [3.05, 3.63) is 50.6 Å². The Hall–Kier alpha value is -1.44. The average Bonchev–Trinajstić information content (AvgIpc) is 3.19. The molecule has 2 aromatic rings.